The van der Waals surface area contributed by atoms with Crippen molar-refractivity contribution in [1.29, 1.82) is 0 Å². The molecular weight excluding hydrogens is 372 g/mol. The van der Waals surface area contributed by atoms with Crippen molar-refractivity contribution in [2.45, 2.75) is 44.2 Å². The first-order chi connectivity index (χ1) is 11.6. The van der Waals surface area contributed by atoms with Crippen molar-refractivity contribution in [2.75, 3.05) is 11.9 Å². The van der Waals surface area contributed by atoms with Gasteiger partial charge < -0.3 is 9.64 Å². The number of hydrogen-bond donors (Lipinski definition) is 1. The number of hydrogen-bond acceptors (Lipinski definition) is 3. The first-order valence-corrected chi connectivity index (χ1v) is 9.42. The maximum absolute atomic E-state index is 12.2. The summed E-state index contributed by atoms with van der Waals surface area (Å²) >= 11 is 3.37. The van der Waals surface area contributed by atoms with E-state index in [1.54, 1.807) is 0 Å². The van der Waals surface area contributed by atoms with Crippen LogP contribution in [0.5, 0.6) is 0 Å². The molecule has 24 heavy (non-hydrogen) atoms. The predicted molar refractivity (Wildman–Crippen MR) is 93.6 cm³/mol. The van der Waals surface area contributed by atoms with E-state index in [1.165, 1.54) is 0 Å². The van der Waals surface area contributed by atoms with Crippen LogP contribution in [0.3, 0.4) is 0 Å². The Hall–Kier alpha value is -1.56. The first kappa shape index (κ1) is 15.9. The van der Waals surface area contributed by atoms with Crippen molar-refractivity contribution in [3.8, 4) is 0 Å². The number of anilines is 1. The maximum atomic E-state index is 12.2. The van der Waals surface area contributed by atoms with Gasteiger partial charge in [0.15, 0.2) is 0 Å². The van der Waals surface area contributed by atoms with Crippen LogP contribution in [-0.4, -0.2) is 35.6 Å². The number of piperidine rings is 1. The average Bonchev–Trinajstić information content (AvgIpc) is 2.98. The lowest BCUT2D eigenvalue weighted by Gasteiger charge is -2.44. The highest BCUT2D eigenvalue weighted by atomic mass is 79.9. The minimum Gasteiger partial charge on any atom is -0.446 e. The predicted octanol–water partition coefficient (Wildman–Crippen LogP) is 3.79. The van der Waals surface area contributed by atoms with E-state index in [1.807, 2.05) is 24.3 Å². The molecule has 6 heteroatoms. The lowest BCUT2D eigenvalue weighted by Crippen LogP contribution is -2.51. The molecule has 1 aromatic carbocycles. The molecule has 1 saturated carbocycles. The van der Waals surface area contributed by atoms with Gasteiger partial charge >= 0.3 is 6.09 Å². The molecule has 2 amide bonds. The van der Waals surface area contributed by atoms with Gasteiger partial charge in [-0.15, -0.1) is 0 Å². The molecule has 0 aromatic heterocycles. The van der Waals surface area contributed by atoms with Crippen LogP contribution in [0.25, 0.3) is 0 Å². The third kappa shape index (κ3) is 3.04. The minimum absolute atomic E-state index is 0.0418. The van der Waals surface area contributed by atoms with Crippen LogP contribution in [0, 0.1) is 11.8 Å². The van der Waals surface area contributed by atoms with Gasteiger partial charge in [-0.25, -0.2) is 4.79 Å². The lowest BCUT2D eigenvalue weighted by molar-refractivity contribution is -0.139. The van der Waals surface area contributed by atoms with Gasteiger partial charge in [-0.2, -0.15) is 0 Å². The summed E-state index contributed by atoms with van der Waals surface area (Å²) in [5, 5.41) is 2.79. The van der Waals surface area contributed by atoms with Crippen LogP contribution >= 0.6 is 15.9 Å². The second kappa shape index (κ2) is 6.39. The van der Waals surface area contributed by atoms with E-state index in [-0.39, 0.29) is 12.2 Å². The molecule has 0 unspecified atom stereocenters. The zero-order valence-electron chi connectivity index (χ0n) is 13.4. The number of amides is 2. The van der Waals surface area contributed by atoms with Gasteiger partial charge in [0.2, 0.25) is 5.91 Å². The second-order valence-corrected chi connectivity index (χ2v) is 7.97. The third-order valence-electron chi connectivity index (χ3n) is 5.61. The topological polar surface area (TPSA) is 58.6 Å². The summed E-state index contributed by atoms with van der Waals surface area (Å²) < 4.78 is 6.66. The lowest BCUT2D eigenvalue weighted by atomic mass is 9.72. The summed E-state index contributed by atoms with van der Waals surface area (Å²) in [6.07, 6.45) is 3.94. The average molecular weight is 393 g/mol. The fourth-order valence-corrected chi connectivity index (χ4v) is 4.91. The quantitative estimate of drug-likeness (QED) is 0.832. The summed E-state index contributed by atoms with van der Waals surface area (Å²) in [6, 6.07) is 7.83. The van der Waals surface area contributed by atoms with Gasteiger partial charge in [-0.3, -0.25) is 10.1 Å². The Labute approximate surface area is 149 Å². The van der Waals surface area contributed by atoms with E-state index in [0.29, 0.717) is 30.2 Å². The molecule has 1 aliphatic carbocycles. The van der Waals surface area contributed by atoms with E-state index >= 15 is 0 Å². The molecule has 3 fully saturated rings. The van der Waals surface area contributed by atoms with Crippen LogP contribution in [0.15, 0.2) is 28.7 Å². The van der Waals surface area contributed by atoms with E-state index in [2.05, 4.69) is 26.1 Å². The highest BCUT2D eigenvalue weighted by molar-refractivity contribution is 9.10. The van der Waals surface area contributed by atoms with Gasteiger partial charge in [0.05, 0.1) is 0 Å². The summed E-state index contributed by atoms with van der Waals surface area (Å²) in [6.45, 7) is 0.877. The molecule has 2 aliphatic heterocycles. The fourth-order valence-electron chi connectivity index (χ4n) is 4.65. The number of ether oxygens (including phenoxy) is 1. The number of halogens is 1. The van der Waals surface area contributed by atoms with Crippen molar-refractivity contribution in [1.82, 2.24) is 4.90 Å². The van der Waals surface area contributed by atoms with Crippen molar-refractivity contribution >= 4 is 33.6 Å². The zero-order chi connectivity index (χ0) is 16.7. The molecule has 0 radical (unpaired) electrons. The molecule has 4 atom stereocenters. The van der Waals surface area contributed by atoms with Crippen LogP contribution in [-0.2, 0) is 9.53 Å². The molecule has 2 saturated heterocycles. The Morgan fingerprint density at radius 2 is 1.88 bits per heavy atom. The van der Waals surface area contributed by atoms with Crippen molar-refractivity contribution in [2.24, 2.45) is 11.8 Å². The zero-order valence-corrected chi connectivity index (χ0v) is 15.0. The number of rotatable bonds is 2. The van der Waals surface area contributed by atoms with Gasteiger partial charge in [0.1, 0.15) is 6.10 Å². The number of benzene rings is 1. The standard InChI is InChI=1S/C18H21BrN2O3/c19-13-2-4-14(5-3-13)20-18(23)24-15-9-11-1-6-16(22)21-8-7-12(10-15)17(11)21/h2-5,11-12,15,17H,1,6-10H2,(H,20,23)/t11-,12+,15-,17-/m1/s1. The molecule has 3 aliphatic rings. The Balaban J connectivity index is 1.37. The molecule has 0 spiro atoms. The molecule has 128 valence electrons. The smallest absolute Gasteiger partial charge is 0.411 e. The molecule has 0 bridgehead atoms. The summed E-state index contributed by atoms with van der Waals surface area (Å²) in [5.74, 6) is 1.28. The Kier molecular flexibility index (Phi) is 4.24. The molecule has 5 nitrogen and oxygen atoms in total. The summed E-state index contributed by atoms with van der Waals surface area (Å²) in [4.78, 5) is 26.3. The number of nitrogens with zero attached hydrogens (tertiary/aromatic N) is 1. The summed E-state index contributed by atoms with van der Waals surface area (Å²) in [7, 11) is 0. The van der Waals surface area contributed by atoms with Gasteiger partial charge in [0.25, 0.3) is 0 Å². The first-order valence-electron chi connectivity index (χ1n) is 8.63. The SMILES string of the molecule is O=C(Nc1ccc(Br)cc1)O[C@@H]1C[C@H]2CCC(=O)N3CC[C@@H](C1)[C@@H]23. The van der Waals surface area contributed by atoms with Gasteiger partial charge in [-0.1, -0.05) is 15.9 Å². The summed E-state index contributed by atoms with van der Waals surface area (Å²) in [5.41, 5.74) is 0.729. The Bertz CT molecular complexity index is 648. The number of carbonyl (C=O) groups is 2. The second-order valence-electron chi connectivity index (χ2n) is 7.06. The van der Waals surface area contributed by atoms with Crippen molar-refractivity contribution in [3.05, 3.63) is 28.7 Å². The van der Waals surface area contributed by atoms with Gasteiger partial charge in [-0.05, 0) is 61.8 Å². The highest BCUT2D eigenvalue weighted by Gasteiger charge is 2.49. The Morgan fingerprint density at radius 3 is 2.62 bits per heavy atom. The van der Waals surface area contributed by atoms with Crippen LogP contribution in [0.1, 0.15) is 32.1 Å². The normalized spacial score (nSPS) is 31.5. The van der Waals surface area contributed by atoms with E-state index in [0.717, 1.165) is 42.4 Å². The number of nitrogens with one attached hydrogen (secondary N) is 1. The van der Waals surface area contributed by atoms with Crippen LogP contribution in [0.2, 0.25) is 0 Å². The van der Waals surface area contributed by atoms with E-state index in [9.17, 15) is 9.59 Å². The molecule has 4 rings (SSSR count). The highest BCUT2D eigenvalue weighted by Crippen LogP contribution is 2.45. The molecule has 1 N–H and O–H groups in total. The van der Waals surface area contributed by atoms with Crippen molar-refractivity contribution in [3.63, 3.8) is 0 Å². The third-order valence-corrected chi connectivity index (χ3v) is 6.14. The van der Waals surface area contributed by atoms with Gasteiger partial charge in [0, 0.05) is 29.2 Å². The van der Waals surface area contributed by atoms with E-state index < -0.39 is 0 Å². The van der Waals surface area contributed by atoms with E-state index in [4.69, 9.17) is 4.74 Å². The minimum atomic E-state index is -0.387. The van der Waals surface area contributed by atoms with Crippen LogP contribution in [0.4, 0.5) is 10.5 Å². The molecule has 1 aromatic rings. The largest absolute Gasteiger partial charge is 0.446 e. The Morgan fingerprint density at radius 1 is 1.17 bits per heavy atom. The number of carbonyl (C=O) groups excluding carboxylic acids is 2. The van der Waals surface area contributed by atoms with Crippen molar-refractivity contribution < 1.29 is 14.3 Å². The fraction of sp³-hybridized carbons (Fsp3) is 0.556. The maximum Gasteiger partial charge on any atom is 0.411 e. The molecule has 2 heterocycles. The van der Waals surface area contributed by atoms with Crippen LogP contribution < -0.4 is 5.32 Å². The monoisotopic (exact) mass is 392 g/mol. The molecular formula is C18H21BrN2O3.